The van der Waals surface area contributed by atoms with Crippen molar-refractivity contribution in [1.29, 1.82) is 0 Å². The zero-order valence-corrected chi connectivity index (χ0v) is 23.0. The van der Waals surface area contributed by atoms with Gasteiger partial charge in [-0.2, -0.15) is 0 Å². The summed E-state index contributed by atoms with van der Waals surface area (Å²) in [7, 11) is 0. The van der Waals surface area contributed by atoms with Crippen molar-refractivity contribution < 1.29 is 28.7 Å². The highest BCUT2D eigenvalue weighted by Crippen LogP contribution is 2.19. The number of amides is 3. The second-order valence-electron chi connectivity index (χ2n) is 9.93. The van der Waals surface area contributed by atoms with Crippen LogP contribution in [0.4, 0.5) is 4.39 Å². The third-order valence-electron chi connectivity index (χ3n) is 6.95. The van der Waals surface area contributed by atoms with Gasteiger partial charge in [0.15, 0.2) is 0 Å². The van der Waals surface area contributed by atoms with Crippen molar-refractivity contribution in [2.75, 3.05) is 6.54 Å². The Kier molecular flexibility index (Phi) is 9.91. The molecule has 10 heteroatoms. The SMILES string of the molecule is O=C(/C=C/c1ccc2ccccc2c1)N[C@@H](Cc1ccc(F)cc1)C(=O)N[C@@H](C[C@@H]1CCCNC1=O)C(=S)C(=O)O. The number of piperidine rings is 1. The van der Waals surface area contributed by atoms with Crippen molar-refractivity contribution in [3.63, 3.8) is 0 Å². The summed E-state index contributed by atoms with van der Waals surface area (Å²) in [4.78, 5) is 50.0. The molecular formula is C31H30FN3O5S. The van der Waals surface area contributed by atoms with E-state index in [0.29, 0.717) is 18.5 Å². The highest BCUT2D eigenvalue weighted by atomic mass is 32.1. The first kappa shape index (κ1) is 29.5. The number of carboxylic acid groups (broad SMARTS) is 1. The molecule has 0 aliphatic carbocycles. The van der Waals surface area contributed by atoms with E-state index in [-0.39, 0.29) is 18.7 Å². The minimum Gasteiger partial charge on any atom is -0.477 e. The number of hydrogen-bond acceptors (Lipinski definition) is 5. The van der Waals surface area contributed by atoms with Crippen LogP contribution < -0.4 is 16.0 Å². The molecule has 1 heterocycles. The van der Waals surface area contributed by atoms with E-state index in [1.54, 1.807) is 6.08 Å². The predicted octanol–water partition coefficient (Wildman–Crippen LogP) is 3.58. The van der Waals surface area contributed by atoms with Crippen LogP contribution in [0.2, 0.25) is 0 Å². The van der Waals surface area contributed by atoms with Crippen molar-refractivity contribution in [2.24, 2.45) is 5.92 Å². The molecule has 3 aromatic carbocycles. The predicted molar refractivity (Wildman–Crippen MR) is 158 cm³/mol. The van der Waals surface area contributed by atoms with E-state index >= 15 is 0 Å². The first-order chi connectivity index (χ1) is 19.7. The lowest BCUT2D eigenvalue weighted by Gasteiger charge is -2.28. The van der Waals surface area contributed by atoms with Crippen LogP contribution in [0.5, 0.6) is 0 Å². The van der Waals surface area contributed by atoms with Crippen LogP contribution in [0, 0.1) is 11.7 Å². The van der Waals surface area contributed by atoms with Gasteiger partial charge in [-0.25, -0.2) is 9.18 Å². The summed E-state index contributed by atoms with van der Waals surface area (Å²) in [6.45, 7) is 0.536. The monoisotopic (exact) mass is 575 g/mol. The second-order valence-corrected chi connectivity index (χ2v) is 10.4. The van der Waals surface area contributed by atoms with E-state index in [1.807, 2.05) is 42.5 Å². The lowest BCUT2D eigenvalue weighted by Crippen LogP contribution is -2.54. The molecule has 3 amide bonds. The first-order valence-electron chi connectivity index (χ1n) is 13.3. The number of nitrogens with one attached hydrogen (secondary N) is 3. The Morgan fingerprint density at radius 2 is 1.76 bits per heavy atom. The number of hydrogen-bond donors (Lipinski definition) is 4. The molecule has 0 radical (unpaired) electrons. The van der Waals surface area contributed by atoms with Crippen LogP contribution in [0.15, 0.2) is 72.8 Å². The fraction of sp³-hybridized carbons (Fsp3) is 0.258. The van der Waals surface area contributed by atoms with Crippen molar-refractivity contribution in [2.45, 2.75) is 37.8 Å². The smallest absolute Gasteiger partial charge is 0.344 e. The third kappa shape index (κ3) is 8.28. The number of carbonyl (C=O) groups excluding carboxylic acids is 3. The Morgan fingerprint density at radius 3 is 2.46 bits per heavy atom. The third-order valence-corrected chi connectivity index (χ3v) is 7.41. The molecule has 3 atom stereocenters. The van der Waals surface area contributed by atoms with E-state index in [1.165, 1.54) is 30.3 Å². The zero-order valence-electron chi connectivity index (χ0n) is 22.1. The van der Waals surface area contributed by atoms with Crippen molar-refractivity contribution in [3.8, 4) is 0 Å². The van der Waals surface area contributed by atoms with Crippen LogP contribution in [-0.2, 0) is 25.6 Å². The average Bonchev–Trinajstić information content (AvgIpc) is 2.97. The molecule has 0 bridgehead atoms. The number of fused-ring (bicyclic) bond motifs is 1. The molecule has 212 valence electrons. The molecule has 0 spiro atoms. The quantitative estimate of drug-likeness (QED) is 0.205. The Labute approximate surface area is 242 Å². The van der Waals surface area contributed by atoms with Crippen LogP contribution >= 0.6 is 12.2 Å². The summed E-state index contributed by atoms with van der Waals surface area (Å²) >= 11 is 5.09. The highest BCUT2D eigenvalue weighted by Gasteiger charge is 2.32. The van der Waals surface area contributed by atoms with Crippen molar-refractivity contribution >= 4 is 57.6 Å². The summed E-state index contributed by atoms with van der Waals surface area (Å²) in [5.74, 6) is -3.79. The largest absolute Gasteiger partial charge is 0.477 e. The van der Waals surface area contributed by atoms with Gasteiger partial charge in [0.2, 0.25) is 17.7 Å². The highest BCUT2D eigenvalue weighted by molar-refractivity contribution is 7.82. The van der Waals surface area contributed by atoms with Gasteiger partial charge >= 0.3 is 5.97 Å². The maximum Gasteiger partial charge on any atom is 0.344 e. The standard InChI is InChI=1S/C31H30FN3O5S/c32-24-12-8-20(9-13-24)17-26(34-27(36)14-10-19-7-11-21-4-1-2-5-22(21)16-19)30(38)35-25(28(41)31(39)40)18-23-6-3-15-33-29(23)37/h1-2,4-5,7-14,16,23,25-26H,3,6,15,17-18H2,(H,33,37)(H,34,36)(H,35,38)(H,39,40)/b14-10+/t23-,25-,26-/m0/s1. The van der Waals surface area contributed by atoms with E-state index in [2.05, 4.69) is 16.0 Å². The Morgan fingerprint density at radius 1 is 1.02 bits per heavy atom. The second kappa shape index (κ2) is 13.8. The van der Waals surface area contributed by atoms with Crippen LogP contribution in [0.3, 0.4) is 0 Å². The minimum absolute atomic E-state index is 0.0120. The fourth-order valence-corrected chi connectivity index (χ4v) is 4.92. The van der Waals surface area contributed by atoms with E-state index in [4.69, 9.17) is 12.2 Å². The number of benzene rings is 3. The molecule has 41 heavy (non-hydrogen) atoms. The summed E-state index contributed by atoms with van der Waals surface area (Å²) in [6.07, 6.45) is 4.22. The number of aliphatic carboxylic acids is 1. The van der Waals surface area contributed by atoms with Gasteiger partial charge in [0.1, 0.15) is 16.7 Å². The average molecular weight is 576 g/mol. The van der Waals surface area contributed by atoms with Gasteiger partial charge < -0.3 is 21.1 Å². The van der Waals surface area contributed by atoms with E-state index in [9.17, 15) is 28.7 Å². The number of carboxylic acids is 1. The van der Waals surface area contributed by atoms with Gasteiger partial charge in [0.05, 0.1) is 6.04 Å². The molecule has 4 N–H and O–H groups in total. The van der Waals surface area contributed by atoms with Gasteiger partial charge in [0.25, 0.3) is 0 Å². The number of thiocarbonyl (C=S) groups is 1. The lowest BCUT2D eigenvalue weighted by molar-refractivity contribution is -0.131. The Balaban J connectivity index is 1.51. The first-order valence-corrected chi connectivity index (χ1v) is 13.7. The van der Waals surface area contributed by atoms with Crippen LogP contribution in [-0.4, -0.2) is 52.3 Å². The molecule has 1 aliphatic heterocycles. The van der Waals surface area contributed by atoms with Gasteiger partial charge in [-0.05, 0) is 65.4 Å². The lowest BCUT2D eigenvalue weighted by atomic mass is 9.90. The van der Waals surface area contributed by atoms with Crippen LogP contribution in [0.1, 0.15) is 30.4 Å². The van der Waals surface area contributed by atoms with Gasteiger partial charge in [-0.1, -0.05) is 60.7 Å². The topological polar surface area (TPSA) is 125 Å². The van der Waals surface area contributed by atoms with Gasteiger partial charge in [-0.15, -0.1) is 0 Å². The molecule has 0 aromatic heterocycles. The van der Waals surface area contributed by atoms with E-state index < -0.39 is 46.5 Å². The summed E-state index contributed by atoms with van der Waals surface area (Å²) in [5, 5.41) is 19.7. The van der Waals surface area contributed by atoms with Crippen molar-refractivity contribution in [3.05, 3.63) is 89.8 Å². The summed E-state index contributed by atoms with van der Waals surface area (Å²) < 4.78 is 13.5. The molecule has 1 aliphatic rings. The summed E-state index contributed by atoms with van der Waals surface area (Å²) in [6, 6.07) is 16.8. The minimum atomic E-state index is -1.38. The molecule has 8 nitrogen and oxygen atoms in total. The molecule has 3 aromatic rings. The number of halogens is 1. The number of carbonyl (C=O) groups is 4. The Hall–Kier alpha value is -4.44. The fourth-order valence-electron chi connectivity index (χ4n) is 4.77. The van der Waals surface area contributed by atoms with Crippen LogP contribution in [0.25, 0.3) is 16.8 Å². The molecule has 0 unspecified atom stereocenters. The maximum absolute atomic E-state index is 13.5. The van der Waals surface area contributed by atoms with Gasteiger partial charge in [-0.3, -0.25) is 14.4 Å². The molecular weight excluding hydrogens is 545 g/mol. The Bertz CT molecular complexity index is 1490. The molecule has 1 fully saturated rings. The number of rotatable bonds is 11. The van der Waals surface area contributed by atoms with Gasteiger partial charge in [0, 0.05) is 25.0 Å². The van der Waals surface area contributed by atoms with E-state index in [0.717, 1.165) is 22.8 Å². The zero-order chi connectivity index (χ0) is 29.4. The normalized spacial score (nSPS) is 16.5. The summed E-state index contributed by atoms with van der Waals surface area (Å²) in [5.41, 5.74) is 1.37. The molecule has 1 saturated heterocycles. The molecule has 0 saturated carbocycles. The molecule has 4 rings (SSSR count). The maximum atomic E-state index is 13.5. The van der Waals surface area contributed by atoms with Crippen molar-refractivity contribution in [1.82, 2.24) is 16.0 Å².